The quantitative estimate of drug-likeness (QED) is 0.792. The summed E-state index contributed by atoms with van der Waals surface area (Å²) in [4.78, 5) is 14.8. The van der Waals surface area contributed by atoms with Gasteiger partial charge in [-0.05, 0) is 32.1 Å². The molecule has 2 saturated carbocycles. The minimum Gasteiger partial charge on any atom is -0.389 e. The summed E-state index contributed by atoms with van der Waals surface area (Å²) in [6.45, 7) is 3.70. The molecule has 0 aromatic rings. The Hall–Kier alpha value is -0.570. The first-order valence-corrected chi connectivity index (χ1v) is 8.05. The van der Waals surface area contributed by atoms with Crippen molar-refractivity contribution in [3.63, 3.8) is 0 Å². The minimum absolute atomic E-state index is 0.107. The van der Waals surface area contributed by atoms with Gasteiger partial charge in [0.1, 0.15) is 0 Å². The lowest BCUT2D eigenvalue weighted by molar-refractivity contribution is -0.152. The fraction of sp³-hybridized carbons (Fsp3) is 0.938. The summed E-state index contributed by atoms with van der Waals surface area (Å²) in [5.74, 6) is 0.682. The number of rotatable bonds is 1. The van der Waals surface area contributed by atoms with Crippen molar-refractivity contribution in [3.8, 4) is 0 Å². The highest BCUT2D eigenvalue weighted by Gasteiger charge is 2.47. The summed E-state index contributed by atoms with van der Waals surface area (Å²) in [6.07, 6.45) is 9.69. The van der Waals surface area contributed by atoms with Crippen molar-refractivity contribution >= 4 is 5.91 Å². The van der Waals surface area contributed by atoms with Crippen LogP contribution in [0.3, 0.4) is 0 Å². The first-order valence-electron chi connectivity index (χ1n) is 8.05. The Morgan fingerprint density at radius 3 is 2.53 bits per heavy atom. The molecule has 0 bridgehead atoms. The highest BCUT2D eigenvalue weighted by molar-refractivity contribution is 5.82. The Bertz CT molecular complexity index is 362. The average Bonchev–Trinajstić information content (AvgIpc) is 2.85. The Labute approximate surface area is 116 Å². The maximum Gasteiger partial charge on any atom is 0.228 e. The van der Waals surface area contributed by atoms with Crippen LogP contribution in [0, 0.1) is 11.3 Å². The van der Waals surface area contributed by atoms with E-state index in [0.29, 0.717) is 11.8 Å². The molecule has 108 valence electrons. The molecule has 19 heavy (non-hydrogen) atoms. The number of nitrogens with zero attached hydrogens (tertiary/aromatic N) is 1. The lowest BCUT2D eigenvalue weighted by atomic mass is 9.71. The molecule has 3 nitrogen and oxygen atoms in total. The number of hydrogen-bond donors (Lipinski definition) is 1. The van der Waals surface area contributed by atoms with Crippen LogP contribution in [-0.4, -0.2) is 34.6 Å². The van der Waals surface area contributed by atoms with E-state index in [9.17, 15) is 9.90 Å². The molecule has 1 saturated heterocycles. The molecule has 0 spiro atoms. The molecule has 2 aliphatic carbocycles. The zero-order chi connectivity index (χ0) is 13.5. The van der Waals surface area contributed by atoms with E-state index < -0.39 is 5.60 Å². The summed E-state index contributed by atoms with van der Waals surface area (Å²) in [6, 6.07) is 0. The van der Waals surface area contributed by atoms with Gasteiger partial charge in [-0.2, -0.15) is 0 Å². The van der Waals surface area contributed by atoms with E-state index in [-0.39, 0.29) is 5.41 Å². The third-order valence-corrected chi connectivity index (χ3v) is 5.94. The molecule has 0 radical (unpaired) electrons. The van der Waals surface area contributed by atoms with E-state index in [1.165, 1.54) is 19.3 Å². The summed E-state index contributed by atoms with van der Waals surface area (Å²) in [7, 11) is 0. The lowest BCUT2D eigenvalue weighted by Gasteiger charge is -2.48. The number of carbonyl (C=O) groups excluding carboxylic acids is 1. The van der Waals surface area contributed by atoms with Crippen LogP contribution in [0.2, 0.25) is 0 Å². The van der Waals surface area contributed by atoms with Crippen LogP contribution in [0.4, 0.5) is 0 Å². The molecule has 1 heterocycles. The molecule has 1 amide bonds. The molecule has 3 rings (SSSR count). The van der Waals surface area contributed by atoms with Crippen molar-refractivity contribution in [2.75, 3.05) is 13.1 Å². The molecule has 3 heteroatoms. The van der Waals surface area contributed by atoms with Crippen LogP contribution in [0.25, 0.3) is 0 Å². The fourth-order valence-corrected chi connectivity index (χ4v) is 4.51. The monoisotopic (exact) mass is 265 g/mol. The zero-order valence-electron chi connectivity index (χ0n) is 12.2. The van der Waals surface area contributed by atoms with Gasteiger partial charge in [-0.25, -0.2) is 0 Å². The van der Waals surface area contributed by atoms with Crippen molar-refractivity contribution in [2.24, 2.45) is 11.3 Å². The molecular formula is C16H27NO2. The van der Waals surface area contributed by atoms with Gasteiger partial charge < -0.3 is 10.0 Å². The van der Waals surface area contributed by atoms with Crippen molar-refractivity contribution in [1.29, 1.82) is 0 Å². The topological polar surface area (TPSA) is 40.5 Å². The van der Waals surface area contributed by atoms with E-state index >= 15 is 0 Å². The van der Waals surface area contributed by atoms with Gasteiger partial charge in [0.2, 0.25) is 5.91 Å². The minimum atomic E-state index is -0.467. The number of amides is 1. The first-order chi connectivity index (χ1) is 9.04. The highest BCUT2D eigenvalue weighted by atomic mass is 16.3. The van der Waals surface area contributed by atoms with E-state index in [1.807, 2.05) is 0 Å². The van der Waals surface area contributed by atoms with Gasteiger partial charge in [-0.1, -0.05) is 32.6 Å². The van der Waals surface area contributed by atoms with Gasteiger partial charge in [0.25, 0.3) is 0 Å². The summed E-state index contributed by atoms with van der Waals surface area (Å²) in [5.41, 5.74) is -0.574. The predicted octanol–water partition coefficient (Wildman–Crippen LogP) is 2.72. The van der Waals surface area contributed by atoms with Crippen LogP contribution in [0.1, 0.15) is 64.7 Å². The number of likely N-dealkylation sites (tertiary alicyclic amines) is 1. The number of hydrogen-bond acceptors (Lipinski definition) is 2. The number of carbonyl (C=O) groups is 1. The number of piperidine rings is 1. The van der Waals surface area contributed by atoms with E-state index in [1.54, 1.807) is 0 Å². The average molecular weight is 265 g/mol. The molecule has 3 aliphatic rings. The largest absolute Gasteiger partial charge is 0.389 e. The zero-order valence-corrected chi connectivity index (χ0v) is 12.2. The number of aliphatic hydroxyl groups is 1. The van der Waals surface area contributed by atoms with Gasteiger partial charge in [-0.15, -0.1) is 0 Å². The van der Waals surface area contributed by atoms with Gasteiger partial charge in [0.15, 0.2) is 0 Å². The standard InChI is InChI=1S/C16H27NO2/c1-15(7-4-5-8-15)14(18)17-11-10-16(19)9-3-2-6-13(16)12-17/h13,19H,2-12H2,1H3. The summed E-state index contributed by atoms with van der Waals surface area (Å²) in [5, 5.41) is 10.7. The Morgan fingerprint density at radius 2 is 1.79 bits per heavy atom. The van der Waals surface area contributed by atoms with Crippen LogP contribution in [-0.2, 0) is 4.79 Å². The molecule has 2 unspecified atom stereocenters. The van der Waals surface area contributed by atoms with E-state index in [2.05, 4.69) is 11.8 Å². The second-order valence-electron chi connectivity index (χ2n) is 7.32. The van der Waals surface area contributed by atoms with E-state index in [4.69, 9.17) is 0 Å². The molecule has 3 fully saturated rings. The van der Waals surface area contributed by atoms with Crippen molar-refractivity contribution in [3.05, 3.63) is 0 Å². The maximum atomic E-state index is 12.7. The van der Waals surface area contributed by atoms with Crippen LogP contribution < -0.4 is 0 Å². The van der Waals surface area contributed by atoms with Crippen LogP contribution >= 0.6 is 0 Å². The van der Waals surface area contributed by atoms with Crippen molar-refractivity contribution < 1.29 is 9.90 Å². The molecule has 1 aliphatic heterocycles. The molecule has 1 N–H and O–H groups in total. The van der Waals surface area contributed by atoms with Crippen molar-refractivity contribution in [2.45, 2.75) is 70.3 Å². The Morgan fingerprint density at radius 1 is 1.11 bits per heavy atom. The maximum absolute atomic E-state index is 12.7. The van der Waals surface area contributed by atoms with Gasteiger partial charge >= 0.3 is 0 Å². The molecule has 2 atom stereocenters. The highest BCUT2D eigenvalue weighted by Crippen LogP contribution is 2.43. The molecular weight excluding hydrogens is 238 g/mol. The predicted molar refractivity (Wildman–Crippen MR) is 74.7 cm³/mol. The molecule has 0 aromatic carbocycles. The normalized spacial score (nSPS) is 38.0. The lowest BCUT2D eigenvalue weighted by Crippen LogP contribution is -2.56. The summed E-state index contributed by atoms with van der Waals surface area (Å²) >= 11 is 0. The van der Waals surface area contributed by atoms with E-state index in [0.717, 1.165) is 51.6 Å². The number of fused-ring (bicyclic) bond motifs is 1. The third kappa shape index (κ3) is 2.31. The molecule has 0 aromatic heterocycles. The Balaban J connectivity index is 1.69. The van der Waals surface area contributed by atoms with Gasteiger partial charge in [0.05, 0.1) is 5.60 Å². The Kier molecular flexibility index (Phi) is 3.36. The van der Waals surface area contributed by atoms with Crippen molar-refractivity contribution in [1.82, 2.24) is 4.90 Å². The SMILES string of the molecule is CC1(C(=O)N2CCC3(O)CCCCC3C2)CCCC1. The second kappa shape index (κ2) is 4.76. The fourth-order valence-electron chi connectivity index (χ4n) is 4.51. The summed E-state index contributed by atoms with van der Waals surface area (Å²) < 4.78 is 0. The third-order valence-electron chi connectivity index (χ3n) is 5.94. The van der Waals surface area contributed by atoms with Gasteiger partial charge in [-0.3, -0.25) is 4.79 Å². The van der Waals surface area contributed by atoms with Gasteiger partial charge in [0, 0.05) is 24.4 Å². The van der Waals surface area contributed by atoms with Crippen LogP contribution in [0.5, 0.6) is 0 Å². The smallest absolute Gasteiger partial charge is 0.228 e. The second-order valence-corrected chi connectivity index (χ2v) is 7.32. The van der Waals surface area contributed by atoms with Crippen LogP contribution in [0.15, 0.2) is 0 Å². The first kappa shape index (κ1) is 13.4.